The number of anilines is 1. The van der Waals surface area contributed by atoms with E-state index in [0.717, 1.165) is 23.4 Å². The highest BCUT2D eigenvalue weighted by atomic mass is 32.2. The van der Waals surface area contributed by atoms with Crippen molar-refractivity contribution in [3.05, 3.63) is 72.3 Å². The van der Waals surface area contributed by atoms with E-state index in [1.165, 1.54) is 16.3 Å². The summed E-state index contributed by atoms with van der Waals surface area (Å²) in [6.45, 7) is 0.624. The Labute approximate surface area is 186 Å². The molecule has 3 aromatic carbocycles. The first-order valence-electron chi connectivity index (χ1n) is 10.6. The zero-order valence-electron chi connectivity index (χ0n) is 17.3. The average Bonchev–Trinajstić information content (AvgIpc) is 2.94. The van der Waals surface area contributed by atoms with E-state index in [9.17, 15) is 9.59 Å². The minimum absolute atomic E-state index is 0.0537. The summed E-state index contributed by atoms with van der Waals surface area (Å²) in [4.78, 5) is 27.5. The molecule has 1 unspecified atom stereocenters. The van der Waals surface area contributed by atoms with Crippen LogP contribution in [0.5, 0.6) is 0 Å². The normalized spacial score (nSPS) is 16.1. The Kier molecular flexibility index (Phi) is 6.89. The van der Waals surface area contributed by atoms with Crippen LogP contribution in [0.3, 0.4) is 0 Å². The van der Waals surface area contributed by atoms with E-state index in [-0.39, 0.29) is 17.1 Å². The first-order valence-corrected chi connectivity index (χ1v) is 11.5. The maximum absolute atomic E-state index is 13.3. The Bertz CT molecular complexity index is 1080. The van der Waals surface area contributed by atoms with E-state index < -0.39 is 0 Å². The van der Waals surface area contributed by atoms with E-state index in [1.54, 1.807) is 17.2 Å². The minimum Gasteiger partial charge on any atom is -0.311 e. The predicted molar refractivity (Wildman–Crippen MR) is 124 cm³/mol. The number of hydroxylamine groups is 1. The molecule has 3 aromatic rings. The topological polar surface area (TPSA) is 69.6 Å². The molecule has 160 valence electrons. The van der Waals surface area contributed by atoms with Gasteiger partial charge in [0.05, 0.1) is 5.69 Å². The van der Waals surface area contributed by atoms with Crippen molar-refractivity contribution in [1.82, 2.24) is 5.48 Å². The van der Waals surface area contributed by atoms with Crippen molar-refractivity contribution in [3.8, 4) is 0 Å². The van der Waals surface area contributed by atoms with Crippen molar-refractivity contribution >= 4 is 40.0 Å². The summed E-state index contributed by atoms with van der Waals surface area (Å²) in [5.41, 5.74) is 3.82. The van der Waals surface area contributed by atoms with Crippen LogP contribution in [-0.2, 0) is 9.59 Å². The molecular weight excluding hydrogens is 408 g/mol. The first-order chi connectivity index (χ1) is 15.2. The lowest BCUT2D eigenvalue weighted by atomic mass is 10.00. The number of benzene rings is 3. The average molecular weight is 435 g/mol. The first kappa shape index (κ1) is 21.4. The van der Waals surface area contributed by atoms with E-state index in [1.807, 2.05) is 35.2 Å². The molecule has 1 atom stereocenters. The number of carbonyl (C=O) groups excluding carboxylic acids is 2. The van der Waals surface area contributed by atoms with Crippen LogP contribution in [-0.4, -0.2) is 23.6 Å². The molecule has 0 fully saturated rings. The van der Waals surface area contributed by atoms with Crippen molar-refractivity contribution in [1.29, 1.82) is 0 Å². The zero-order chi connectivity index (χ0) is 21.6. The van der Waals surface area contributed by atoms with Crippen molar-refractivity contribution in [2.45, 2.75) is 42.2 Å². The van der Waals surface area contributed by atoms with Gasteiger partial charge in [-0.25, -0.2) is 5.48 Å². The highest BCUT2D eigenvalue weighted by molar-refractivity contribution is 7.99. The van der Waals surface area contributed by atoms with E-state index in [4.69, 9.17) is 5.21 Å². The molecule has 2 N–H and O–H groups in total. The lowest BCUT2D eigenvalue weighted by Crippen LogP contribution is -2.31. The lowest BCUT2D eigenvalue weighted by Gasteiger charge is -2.22. The van der Waals surface area contributed by atoms with Crippen LogP contribution in [0.2, 0.25) is 0 Å². The summed E-state index contributed by atoms with van der Waals surface area (Å²) < 4.78 is 0. The van der Waals surface area contributed by atoms with Gasteiger partial charge in [0.2, 0.25) is 11.8 Å². The van der Waals surface area contributed by atoms with Gasteiger partial charge >= 0.3 is 0 Å². The van der Waals surface area contributed by atoms with Crippen LogP contribution < -0.4 is 10.4 Å². The fourth-order valence-corrected chi connectivity index (χ4v) is 5.44. The van der Waals surface area contributed by atoms with Gasteiger partial charge in [0.25, 0.3) is 0 Å². The van der Waals surface area contributed by atoms with Crippen molar-refractivity contribution in [3.63, 3.8) is 0 Å². The summed E-state index contributed by atoms with van der Waals surface area (Å²) in [7, 11) is 0. The van der Waals surface area contributed by atoms with Crippen molar-refractivity contribution in [2.75, 3.05) is 11.4 Å². The number of amides is 2. The summed E-state index contributed by atoms with van der Waals surface area (Å²) in [5.74, 6) is -0.242. The quantitative estimate of drug-likeness (QED) is 0.294. The van der Waals surface area contributed by atoms with Crippen LogP contribution in [0, 0.1) is 0 Å². The van der Waals surface area contributed by atoms with Gasteiger partial charge in [0.15, 0.2) is 0 Å². The molecule has 0 saturated carbocycles. The lowest BCUT2D eigenvalue weighted by molar-refractivity contribution is -0.129. The molecule has 6 heteroatoms. The highest BCUT2D eigenvalue weighted by Crippen LogP contribution is 2.47. The number of nitrogens with one attached hydrogen (secondary N) is 1. The molecule has 0 radical (unpaired) electrons. The number of para-hydroxylation sites is 1. The molecule has 5 nitrogen and oxygen atoms in total. The van der Waals surface area contributed by atoms with Crippen LogP contribution >= 0.6 is 11.8 Å². The van der Waals surface area contributed by atoms with Crippen LogP contribution in [0.15, 0.2) is 71.6 Å². The smallest absolute Gasteiger partial charge is 0.243 e. The Morgan fingerprint density at radius 1 is 1.00 bits per heavy atom. The van der Waals surface area contributed by atoms with Gasteiger partial charge in [-0.3, -0.25) is 14.8 Å². The zero-order valence-corrected chi connectivity index (χ0v) is 18.1. The number of rotatable bonds is 7. The Balaban J connectivity index is 1.55. The maximum atomic E-state index is 13.3. The van der Waals surface area contributed by atoms with Crippen LogP contribution in [0.4, 0.5) is 5.69 Å². The monoisotopic (exact) mass is 434 g/mol. The fraction of sp³-hybridized carbons (Fsp3) is 0.280. The Morgan fingerprint density at radius 3 is 2.65 bits per heavy atom. The van der Waals surface area contributed by atoms with E-state index in [0.29, 0.717) is 25.8 Å². The van der Waals surface area contributed by atoms with E-state index >= 15 is 0 Å². The van der Waals surface area contributed by atoms with Gasteiger partial charge in [-0.1, -0.05) is 61.0 Å². The minimum atomic E-state index is -0.370. The molecule has 0 bridgehead atoms. The molecule has 1 heterocycles. The van der Waals surface area contributed by atoms with Crippen LogP contribution in [0.1, 0.15) is 42.9 Å². The number of hydrogen-bond donors (Lipinski definition) is 2. The molecule has 2 amide bonds. The second kappa shape index (κ2) is 9.98. The summed E-state index contributed by atoms with van der Waals surface area (Å²) in [6, 6.07) is 22.8. The van der Waals surface area contributed by atoms with Gasteiger partial charge in [-0.2, -0.15) is 0 Å². The molecule has 0 spiro atoms. The van der Waals surface area contributed by atoms with Crippen molar-refractivity contribution < 1.29 is 14.8 Å². The summed E-state index contributed by atoms with van der Waals surface area (Å²) in [6.07, 6.45) is 3.05. The molecule has 0 aromatic heterocycles. The van der Waals surface area contributed by atoms with Gasteiger partial charge in [0, 0.05) is 29.5 Å². The van der Waals surface area contributed by atoms with Gasteiger partial charge < -0.3 is 4.90 Å². The van der Waals surface area contributed by atoms with E-state index in [2.05, 4.69) is 36.4 Å². The fourth-order valence-electron chi connectivity index (χ4n) is 4.12. The second-order valence-electron chi connectivity index (χ2n) is 7.74. The number of nitrogens with zero attached hydrogens (tertiary/aromatic N) is 1. The molecule has 0 aliphatic carbocycles. The largest absolute Gasteiger partial charge is 0.311 e. The number of unbranched alkanes of at least 4 members (excludes halogenated alkanes) is 2. The molecular formula is C25H26N2O3S. The molecule has 1 aliphatic heterocycles. The van der Waals surface area contributed by atoms with Gasteiger partial charge in [-0.15, -0.1) is 11.8 Å². The summed E-state index contributed by atoms with van der Waals surface area (Å²) in [5, 5.41) is 11.0. The van der Waals surface area contributed by atoms with Crippen molar-refractivity contribution in [2.24, 2.45) is 0 Å². The third-order valence-corrected chi connectivity index (χ3v) is 6.97. The third kappa shape index (κ3) is 4.92. The van der Waals surface area contributed by atoms with Gasteiger partial charge in [0.1, 0.15) is 0 Å². The Morgan fingerprint density at radius 2 is 1.77 bits per heavy atom. The summed E-state index contributed by atoms with van der Waals surface area (Å²) >= 11 is 1.76. The molecule has 1 aliphatic rings. The van der Waals surface area contributed by atoms with Crippen LogP contribution in [0.25, 0.3) is 10.8 Å². The standard InChI is InChI=1S/C25H26N2O3S/c28-24(26-30)15-2-1-7-16-27-21-13-5-6-14-22(21)31-23(17-25(27)29)20-12-8-10-18-9-3-4-11-19(18)20/h3-6,8-14,23,30H,1-2,7,15-17H2,(H,26,28). The Hall–Kier alpha value is -2.83. The predicted octanol–water partition coefficient (Wildman–Crippen LogP) is 5.48. The molecule has 0 saturated heterocycles. The van der Waals surface area contributed by atoms with Gasteiger partial charge in [-0.05, 0) is 41.3 Å². The third-order valence-electron chi connectivity index (χ3n) is 5.67. The molecule has 4 rings (SSSR count). The number of fused-ring (bicyclic) bond motifs is 2. The maximum Gasteiger partial charge on any atom is 0.243 e. The number of hydrogen-bond acceptors (Lipinski definition) is 4. The molecule has 31 heavy (non-hydrogen) atoms. The number of thioether (sulfide) groups is 1. The number of carbonyl (C=O) groups is 2. The second-order valence-corrected chi connectivity index (χ2v) is 8.98. The highest BCUT2D eigenvalue weighted by Gasteiger charge is 2.29. The SMILES string of the molecule is O=C(CCCCCN1C(=O)CC(c2cccc3ccccc23)Sc2ccccc21)NO.